The summed E-state index contributed by atoms with van der Waals surface area (Å²) >= 11 is 7.03. The van der Waals surface area contributed by atoms with Gasteiger partial charge in [0.25, 0.3) is 0 Å². The van der Waals surface area contributed by atoms with Crippen LogP contribution in [0.1, 0.15) is 4.88 Å². The molecule has 0 atom stereocenters. The predicted octanol–water partition coefficient (Wildman–Crippen LogP) is 6.16. The third-order valence-corrected chi connectivity index (χ3v) is 6.16. The highest BCUT2D eigenvalue weighted by Crippen LogP contribution is 2.39. The second-order valence-corrected chi connectivity index (χ2v) is 8.68. The van der Waals surface area contributed by atoms with Crippen molar-refractivity contribution in [2.45, 2.75) is 6.92 Å². The van der Waals surface area contributed by atoms with Gasteiger partial charge in [-0.3, -0.25) is 9.97 Å². The highest BCUT2D eigenvalue weighted by molar-refractivity contribution is 9.11. The second kappa shape index (κ2) is 5.57. The van der Waals surface area contributed by atoms with Crippen LogP contribution in [0.25, 0.3) is 31.9 Å². The molecule has 0 aliphatic carbocycles. The topological polar surface area (TPSA) is 25.8 Å². The lowest BCUT2D eigenvalue weighted by Gasteiger charge is -2.07. The molecule has 0 saturated heterocycles. The van der Waals surface area contributed by atoms with Gasteiger partial charge in [-0.2, -0.15) is 0 Å². The van der Waals surface area contributed by atoms with E-state index in [4.69, 9.17) is 0 Å². The molecule has 0 fully saturated rings. The van der Waals surface area contributed by atoms with Gasteiger partial charge in [0.2, 0.25) is 0 Å². The van der Waals surface area contributed by atoms with Crippen LogP contribution in [-0.2, 0) is 0 Å². The van der Waals surface area contributed by atoms with Crippen LogP contribution >= 0.6 is 38.6 Å². The Morgan fingerprint density at radius 2 is 1.36 bits per heavy atom. The van der Waals surface area contributed by atoms with Gasteiger partial charge in [0, 0.05) is 38.2 Å². The van der Waals surface area contributed by atoms with Crippen molar-refractivity contribution >= 4 is 49.6 Å². The van der Waals surface area contributed by atoms with Crippen LogP contribution in [-0.4, -0.2) is 9.97 Å². The minimum atomic E-state index is 0.959. The summed E-state index contributed by atoms with van der Waals surface area (Å²) in [6, 6.07) is 12.8. The fraction of sp³-hybridized carbons (Fsp3) is 0.0588. The summed E-state index contributed by atoms with van der Waals surface area (Å²) in [7, 11) is 0. The molecule has 0 radical (unpaired) electrons. The maximum Gasteiger partial charge on any atom is 0.0979 e. The number of halogens is 1. The number of thiophene rings is 2. The van der Waals surface area contributed by atoms with Gasteiger partial charge in [-0.25, -0.2) is 0 Å². The monoisotopic (exact) mass is 386 g/mol. The predicted molar refractivity (Wildman–Crippen MR) is 98.6 cm³/mol. The number of hydrogen-bond donors (Lipinski definition) is 0. The molecule has 0 aliphatic rings. The number of aryl methyl sites for hydroxylation is 1. The van der Waals surface area contributed by atoms with Crippen molar-refractivity contribution in [1.82, 2.24) is 9.97 Å². The molecule has 2 nitrogen and oxygen atoms in total. The molecule has 0 bridgehead atoms. The Labute approximate surface area is 144 Å². The van der Waals surface area contributed by atoms with Gasteiger partial charge in [-0.15, -0.1) is 22.7 Å². The van der Waals surface area contributed by atoms with E-state index in [1.165, 1.54) is 14.6 Å². The number of fused-ring (bicyclic) bond motifs is 1. The number of benzene rings is 1. The SMILES string of the molecule is Cc1ccc(-c2ccc(-c3ccc(Br)s3)c3nccnc23)s1. The molecule has 1 aromatic carbocycles. The molecule has 3 aromatic heterocycles. The molecule has 108 valence electrons. The Morgan fingerprint density at radius 1 is 0.773 bits per heavy atom. The molecule has 0 N–H and O–H groups in total. The highest BCUT2D eigenvalue weighted by Gasteiger charge is 2.13. The van der Waals surface area contributed by atoms with Crippen molar-refractivity contribution in [2.24, 2.45) is 0 Å². The molecule has 0 amide bonds. The first-order valence-corrected chi connectivity index (χ1v) is 9.21. The Morgan fingerprint density at radius 3 is 1.86 bits per heavy atom. The summed E-state index contributed by atoms with van der Waals surface area (Å²) in [6.45, 7) is 2.12. The first kappa shape index (κ1) is 14.1. The third-order valence-electron chi connectivity index (χ3n) is 3.47. The van der Waals surface area contributed by atoms with Gasteiger partial charge in [0.15, 0.2) is 0 Å². The molecule has 22 heavy (non-hydrogen) atoms. The number of hydrogen-bond acceptors (Lipinski definition) is 4. The molecule has 0 aliphatic heterocycles. The molecular weight excluding hydrogens is 376 g/mol. The van der Waals surface area contributed by atoms with Crippen molar-refractivity contribution in [3.05, 3.63) is 57.5 Å². The maximum absolute atomic E-state index is 4.60. The zero-order valence-electron chi connectivity index (χ0n) is 11.7. The average Bonchev–Trinajstić information content (AvgIpc) is 3.15. The van der Waals surface area contributed by atoms with E-state index >= 15 is 0 Å². The summed E-state index contributed by atoms with van der Waals surface area (Å²) < 4.78 is 1.12. The van der Waals surface area contributed by atoms with E-state index in [0.717, 1.165) is 25.9 Å². The van der Waals surface area contributed by atoms with Crippen molar-refractivity contribution in [3.63, 3.8) is 0 Å². The van der Waals surface area contributed by atoms with Gasteiger partial charge in [0.05, 0.1) is 14.8 Å². The molecule has 0 spiro atoms. The Kier molecular flexibility index (Phi) is 3.56. The van der Waals surface area contributed by atoms with Gasteiger partial charge in [-0.1, -0.05) is 12.1 Å². The Hall–Kier alpha value is -1.56. The lowest BCUT2D eigenvalue weighted by molar-refractivity contribution is 1.30. The standard InChI is InChI=1S/C17H11BrN2S2/c1-10-2-5-13(21-10)11-3-4-12(14-6-7-15(18)22-14)17-16(11)19-8-9-20-17/h2-9H,1H3. The molecule has 0 saturated carbocycles. The van der Waals surface area contributed by atoms with Crippen molar-refractivity contribution in [3.8, 4) is 20.9 Å². The minimum absolute atomic E-state index is 0.959. The molecular formula is C17H11BrN2S2. The largest absolute Gasteiger partial charge is 0.252 e. The average molecular weight is 387 g/mol. The summed E-state index contributed by atoms with van der Waals surface area (Å²) in [5.74, 6) is 0. The summed E-state index contributed by atoms with van der Waals surface area (Å²) in [5, 5.41) is 0. The fourth-order valence-corrected chi connectivity index (χ4v) is 4.80. The maximum atomic E-state index is 4.60. The van der Waals surface area contributed by atoms with E-state index < -0.39 is 0 Å². The first-order valence-electron chi connectivity index (χ1n) is 6.78. The van der Waals surface area contributed by atoms with E-state index in [-0.39, 0.29) is 0 Å². The summed E-state index contributed by atoms with van der Waals surface area (Å²) in [5.41, 5.74) is 4.21. The van der Waals surface area contributed by atoms with E-state index in [2.05, 4.69) is 69.2 Å². The Balaban J connectivity index is 1.99. The molecule has 4 rings (SSSR count). The van der Waals surface area contributed by atoms with Gasteiger partial charge in [-0.05, 0) is 47.1 Å². The van der Waals surface area contributed by atoms with Crippen LogP contribution in [0.3, 0.4) is 0 Å². The minimum Gasteiger partial charge on any atom is -0.252 e. The van der Waals surface area contributed by atoms with Gasteiger partial charge >= 0.3 is 0 Å². The van der Waals surface area contributed by atoms with Crippen LogP contribution < -0.4 is 0 Å². The number of rotatable bonds is 2. The number of nitrogens with zero attached hydrogens (tertiary/aromatic N) is 2. The molecule has 3 heterocycles. The highest BCUT2D eigenvalue weighted by atomic mass is 79.9. The van der Waals surface area contributed by atoms with Crippen molar-refractivity contribution < 1.29 is 0 Å². The van der Waals surface area contributed by atoms with E-state index in [0.29, 0.717) is 0 Å². The van der Waals surface area contributed by atoms with Crippen LogP contribution in [0.15, 0.2) is 52.6 Å². The van der Waals surface area contributed by atoms with E-state index in [9.17, 15) is 0 Å². The van der Waals surface area contributed by atoms with E-state index in [1.807, 2.05) is 0 Å². The van der Waals surface area contributed by atoms with Crippen LogP contribution in [0.4, 0.5) is 0 Å². The molecule has 0 unspecified atom stereocenters. The molecule has 5 heteroatoms. The fourth-order valence-electron chi connectivity index (χ4n) is 2.49. The zero-order valence-corrected chi connectivity index (χ0v) is 14.9. The lowest BCUT2D eigenvalue weighted by atomic mass is 10.1. The first-order chi connectivity index (χ1) is 10.7. The van der Waals surface area contributed by atoms with Crippen molar-refractivity contribution in [2.75, 3.05) is 0 Å². The third kappa shape index (κ3) is 2.39. The summed E-state index contributed by atoms with van der Waals surface area (Å²) in [4.78, 5) is 12.9. The van der Waals surface area contributed by atoms with Gasteiger partial charge in [0.1, 0.15) is 0 Å². The van der Waals surface area contributed by atoms with Crippen LogP contribution in [0.2, 0.25) is 0 Å². The van der Waals surface area contributed by atoms with Crippen molar-refractivity contribution in [1.29, 1.82) is 0 Å². The van der Waals surface area contributed by atoms with Crippen LogP contribution in [0, 0.1) is 6.92 Å². The Bertz CT molecular complexity index is 893. The summed E-state index contributed by atoms with van der Waals surface area (Å²) in [6.07, 6.45) is 3.53. The van der Waals surface area contributed by atoms with E-state index in [1.54, 1.807) is 35.1 Å². The lowest BCUT2D eigenvalue weighted by Crippen LogP contribution is -1.88. The quantitative estimate of drug-likeness (QED) is 0.412. The molecule has 4 aromatic rings. The smallest absolute Gasteiger partial charge is 0.0979 e. The second-order valence-electron chi connectivity index (χ2n) is 4.93. The normalized spacial score (nSPS) is 11.2. The van der Waals surface area contributed by atoms with Crippen LogP contribution in [0.5, 0.6) is 0 Å². The zero-order chi connectivity index (χ0) is 15.1. The van der Waals surface area contributed by atoms with Gasteiger partial charge < -0.3 is 0 Å². The number of aromatic nitrogens is 2.